The molecular weight excluding hydrogens is 194 g/mol. The molecule has 0 fully saturated rings. The molecule has 0 rings (SSSR count). The number of carboxylic acids is 2. The fourth-order valence-electron chi connectivity index (χ4n) is 0.263. The Morgan fingerprint density at radius 3 is 2.00 bits per heavy atom. The maximum atomic E-state index is 9.93. The summed E-state index contributed by atoms with van der Waals surface area (Å²) in [5.74, 6) is -1.42. The van der Waals surface area contributed by atoms with Gasteiger partial charge in [-0.25, -0.2) is 4.79 Å². The fraction of sp³-hybridized carbons (Fsp3) is 0.429. The van der Waals surface area contributed by atoms with E-state index in [1.165, 1.54) is 0 Å². The van der Waals surface area contributed by atoms with Gasteiger partial charge in [-0.15, -0.1) is 0 Å². The molecule has 0 radical (unpaired) electrons. The van der Waals surface area contributed by atoms with Gasteiger partial charge in [0.05, 0.1) is 0 Å². The van der Waals surface area contributed by atoms with E-state index in [0.717, 1.165) is 6.08 Å². The van der Waals surface area contributed by atoms with Crippen LogP contribution < -0.4 is 5.73 Å². The first kappa shape index (κ1) is 14.5. The van der Waals surface area contributed by atoms with Gasteiger partial charge in [0.15, 0.2) is 0 Å². The van der Waals surface area contributed by atoms with Crippen LogP contribution in [0.15, 0.2) is 12.7 Å². The van der Waals surface area contributed by atoms with Gasteiger partial charge in [0.2, 0.25) is 0 Å². The van der Waals surface area contributed by atoms with Crippen LogP contribution in [0.4, 0.5) is 0 Å². The molecule has 0 aromatic carbocycles. The number of aliphatic carboxylic acids is 2. The van der Waals surface area contributed by atoms with Crippen LogP contribution in [0, 0.1) is 0 Å². The summed E-state index contributed by atoms with van der Waals surface area (Å²) in [5.41, 5.74) is 5.08. The first-order chi connectivity index (χ1) is 5.95. The molecule has 0 aromatic heterocycles. The molecule has 0 spiro atoms. The number of hydrogen-bond donors (Lipinski definition) is 4. The van der Waals surface area contributed by atoms with E-state index >= 15 is 0 Å². The van der Waals surface area contributed by atoms with Crippen LogP contribution >= 0.6 is 12.6 Å². The lowest BCUT2D eigenvalue weighted by Gasteiger charge is -2.00. The Labute approximate surface area is 81.7 Å². The zero-order valence-electron chi connectivity index (χ0n) is 7.01. The van der Waals surface area contributed by atoms with E-state index in [-0.39, 0.29) is 0 Å². The SMILES string of the molecule is C=CC(=O)O.N[C@@H](CCS)C(=O)O. The van der Waals surface area contributed by atoms with Gasteiger partial charge in [0.25, 0.3) is 0 Å². The molecule has 1 atom stereocenters. The number of nitrogens with two attached hydrogens (primary N) is 1. The van der Waals surface area contributed by atoms with Crippen LogP contribution in [0.5, 0.6) is 0 Å². The smallest absolute Gasteiger partial charge is 0.327 e. The van der Waals surface area contributed by atoms with Crippen molar-refractivity contribution in [1.29, 1.82) is 0 Å². The van der Waals surface area contributed by atoms with Crippen LogP contribution in [-0.2, 0) is 9.59 Å². The molecule has 0 aliphatic carbocycles. The molecule has 6 heteroatoms. The summed E-state index contributed by atoms with van der Waals surface area (Å²) >= 11 is 3.81. The Hall–Kier alpha value is -1.01. The maximum Gasteiger partial charge on any atom is 0.327 e. The molecule has 4 N–H and O–H groups in total. The van der Waals surface area contributed by atoms with E-state index in [2.05, 4.69) is 19.2 Å². The Kier molecular flexibility index (Phi) is 10.1. The second kappa shape index (κ2) is 9.08. The van der Waals surface area contributed by atoms with Crippen molar-refractivity contribution in [2.24, 2.45) is 5.73 Å². The first-order valence-electron chi connectivity index (χ1n) is 3.40. The normalized spacial score (nSPS) is 10.6. The van der Waals surface area contributed by atoms with Crippen molar-refractivity contribution in [2.75, 3.05) is 5.75 Å². The Bertz CT molecular complexity index is 183. The molecule has 0 aliphatic rings. The molecule has 5 nitrogen and oxygen atoms in total. The molecule has 0 saturated carbocycles. The van der Waals surface area contributed by atoms with E-state index in [9.17, 15) is 9.59 Å². The molecule has 0 aromatic rings. The largest absolute Gasteiger partial charge is 0.480 e. The highest BCUT2D eigenvalue weighted by molar-refractivity contribution is 7.80. The highest BCUT2D eigenvalue weighted by Crippen LogP contribution is 1.88. The third-order valence-corrected chi connectivity index (χ3v) is 1.19. The van der Waals surface area contributed by atoms with Crippen molar-refractivity contribution < 1.29 is 19.8 Å². The third kappa shape index (κ3) is 13.9. The van der Waals surface area contributed by atoms with Gasteiger partial charge in [-0.3, -0.25) is 4.79 Å². The van der Waals surface area contributed by atoms with Crippen molar-refractivity contribution >= 4 is 24.6 Å². The number of rotatable bonds is 4. The predicted octanol–water partition coefficient (Wildman–Crippen LogP) is -0.0248. The van der Waals surface area contributed by atoms with Crippen LogP contribution in [0.25, 0.3) is 0 Å². The molecule has 0 unspecified atom stereocenters. The molecule has 0 bridgehead atoms. The van der Waals surface area contributed by atoms with E-state index in [4.69, 9.17) is 15.9 Å². The van der Waals surface area contributed by atoms with Crippen LogP contribution in [0.3, 0.4) is 0 Å². The first-order valence-corrected chi connectivity index (χ1v) is 4.03. The fourth-order valence-corrected chi connectivity index (χ4v) is 0.541. The minimum Gasteiger partial charge on any atom is -0.480 e. The Balaban J connectivity index is 0. The zero-order chi connectivity index (χ0) is 10.9. The summed E-state index contributed by atoms with van der Waals surface area (Å²) < 4.78 is 0. The summed E-state index contributed by atoms with van der Waals surface area (Å²) in [5, 5.41) is 15.8. The van der Waals surface area contributed by atoms with E-state index in [1.54, 1.807) is 0 Å². The van der Waals surface area contributed by atoms with Crippen molar-refractivity contribution in [3.8, 4) is 0 Å². The lowest BCUT2D eigenvalue weighted by Crippen LogP contribution is -2.30. The molecule has 0 amide bonds. The number of thiol groups is 1. The minimum absolute atomic E-state index is 0.429. The van der Waals surface area contributed by atoms with Gasteiger partial charge in [-0.05, 0) is 12.2 Å². The number of hydrogen-bond acceptors (Lipinski definition) is 4. The van der Waals surface area contributed by atoms with Gasteiger partial charge >= 0.3 is 11.9 Å². The predicted molar refractivity (Wildman–Crippen MR) is 51.9 cm³/mol. The molecule has 0 saturated heterocycles. The van der Waals surface area contributed by atoms with Crippen LogP contribution in [0.2, 0.25) is 0 Å². The molecule has 13 heavy (non-hydrogen) atoms. The van der Waals surface area contributed by atoms with Crippen molar-refractivity contribution in [1.82, 2.24) is 0 Å². The minimum atomic E-state index is -0.981. The lowest BCUT2D eigenvalue weighted by atomic mass is 10.2. The van der Waals surface area contributed by atoms with Crippen molar-refractivity contribution in [2.45, 2.75) is 12.5 Å². The standard InChI is InChI=1S/C4H9NO2S.C3H4O2/c5-3(1-2-8)4(6)7;1-2-3(4)5/h3,8H,1-2,5H2,(H,6,7);2H,1H2,(H,4,5)/t3-;/m0./s1. The third-order valence-electron chi connectivity index (χ3n) is 0.932. The Morgan fingerprint density at radius 1 is 1.54 bits per heavy atom. The maximum absolute atomic E-state index is 9.93. The Morgan fingerprint density at radius 2 is 1.92 bits per heavy atom. The molecule has 0 aliphatic heterocycles. The summed E-state index contributed by atoms with van der Waals surface area (Å²) in [6.45, 7) is 2.96. The quantitative estimate of drug-likeness (QED) is 0.383. The van der Waals surface area contributed by atoms with Gasteiger partial charge in [0.1, 0.15) is 6.04 Å². The van der Waals surface area contributed by atoms with E-state index in [0.29, 0.717) is 12.2 Å². The number of carboxylic acid groups (broad SMARTS) is 2. The van der Waals surface area contributed by atoms with Crippen molar-refractivity contribution in [3.05, 3.63) is 12.7 Å². The van der Waals surface area contributed by atoms with Gasteiger partial charge in [0, 0.05) is 6.08 Å². The average Bonchev–Trinajstić information content (AvgIpc) is 2.06. The van der Waals surface area contributed by atoms with Gasteiger partial charge < -0.3 is 15.9 Å². The van der Waals surface area contributed by atoms with Gasteiger partial charge in [-0.1, -0.05) is 6.58 Å². The number of carbonyl (C=O) groups is 2. The monoisotopic (exact) mass is 207 g/mol. The van der Waals surface area contributed by atoms with Crippen LogP contribution in [-0.4, -0.2) is 33.9 Å². The summed E-state index contributed by atoms with van der Waals surface area (Å²) in [6, 6.07) is -0.743. The summed E-state index contributed by atoms with van der Waals surface area (Å²) in [7, 11) is 0. The van der Waals surface area contributed by atoms with Crippen LogP contribution in [0.1, 0.15) is 6.42 Å². The van der Waals surface area contributed by atoms with Crippen molar-refractivity contribution in [3.63, 3.8) is 0 Å². The average molecular weight is 207 g/mol. The summed E-state index contributed by atoms with van der Waals surface area (Å²) in [6.07, 6.45) is 1.26. The highest BCUT2D eigenvalue weighted by atomic mass is 32.1. The second-order valence-corrected chi connectivity index (χ2v) is 2.45. The molecular formula is C7H13NO4S. The zero-order valence-corrected chi connectivity index (χ0v) is 7.91. The van der Waals surface area contributed by atoms with E-state index in [1.807, 2.05) is 0 Å². The molecule has 76 valence electrons. The topological polar surface area (TPSA) is 101 Å². The lowest BCUT2D eigenvalue weighted by molar-refractivity contribution is -0.138. The molecule has 0 heterocycles. The summed E-state index contributed by atoms with van der Waals surface area (Å²) in [4.78, 5) is 19.2. The second-order valence-electron chi connectivity index (χ2n) is 2.00. The van der Waals surface area contributed by atoms with Gasteiger partial charge in [-0.2, -0.15) is 12.6 Å². The highest BCUT2D eigenvalue weighted by Gasteiger charge is 2.08. The van der Waals surface area contributed by atoms with E-state index < -0.39 is 18.0 Å².